The molecule has 0 spiro atoms. The predicted octanol–water partition coefficient (Wildman–Crippen LogP) is 3.23. The van der Waals surface area contributed by atoms with Gasteiger partial charge >= 0.3 is 0 Å². The second kappa shape index (κ2) is 5.75. The van der Waals surface area contributed by atoms with Gasteiger partial charge in [-0.15, -0.1) is 0 Å². The fourth-order valence-corrected chi connectivity index (χ4v) is 3.04. The molecule has 1 aromatic heterocycles. The van der Waals surface area contributed by atoms with Gasteiger partial charge in [-0.2, -0.15) is 0 Å². The third-order valence-corrected chi connectivity index (χ3v) is 4.10. The van der Waals surface area contributed by atoms with Crippen molar-refractivity contribution in [2.24, 2.45) is 0 Å². The van der Waals surface area contributed by atoms with Gasteiger partial charge in [-0.05, 0) is 35.2 Å². The maximum Gasteiger partial charge on any atom is 0.141 e. The van der Waals surface area contributed by atoms with Crippen molar-refractivity contribution in [3.05, 3.63) is 16.0 Å². The Morgan fingerprint density at radius 3 is 2.63 bits per heavy atom. The van der Waals surface area contributed by atoms with Gasteiger partial charge in [0.1, 0.15) is 11.6 Å². The number of rotatable bonds is 2. The molecule has 0 aliphatic carbocycles. The maximum absolute atomic E-state index is 5.98. The van der Waals surface area contributed by atoms with Crippen LogP contribution in [0.3, 0.4) is 0 Å². The first-order valence-electron chi connectivity index (χ1n) is 6.82. The van der Waals surface area contributed by atoms with Gasteiger partial charge in [0.05, 0.1) is 16.3 Å². The zero-order valence-corrected chi connectivity index (χ0v) is 13.5. The van der Waals surface area contributed by atoms with Crippen LogP contribution in [0.2, 0.25) is 0 Å². The van der Waals surface area contributed by atoms with Gasteiger partial charge in [0.2, 0.25) is 0 Å². The number of nitrogens with zero attached hydrogens (tertiary/aromatic N) is 2. The molecular formula is C14H22BrN3O. The van der Waals surface area contributed by atoms with Gasteiger partial charge in [-0.25, -0.2) is 9.97 Å². The molecule has 2 heterocycles. The second-order valence-corrected chi connectivity index (χ2v) is 6.92. The van der Waals surface area contributed by atoms with E-state index in [0.717, 1.165) is 41.9 Å². The predicted molar refractivity (Wildman–Crippen MR) is 80.1 cm³/mol. The molecule has 0 radical (unpaired) electrons. The number of halogens is 1. The minimum atomic E-state index is -0.0575. The topological polar surface area (TPSA) is 61.0 Å². The maximum atomic E-state index is 5.98. The van der Waals surface area contributed by atoms with Crippen molar-refractivity contribution >= 4 is 21.7 Å². The molecule has 19 heavy (non-hydrogen) atoms. The number of hydrogen-bond acceptors (Lipinski definition) is 4. The highest BCUT2D eigenvalue weighted by molar-refractivity contribution is 9.10. The normalized spacial score (nSPS) is 20.5. The summed E-state index contributed by atoms with van der Waals surface area (Å²) < 4.78 is 6.56. The molecule has 1 aliphatic rings. The fraction of sp³-hybridized carbons (Fsp3) is 0.714. The largest absolute Gasteiger partial charge is 0.383 e. The Labute approximate surface area is 123 Å². The molecule has 1 atom stereocenters. The zero-order chi connectivity index (χ0) is 14.0. The van der Waals surface area contributed by atoms with Gasteiger partial charge < -0.3 is 10.5 Å². The molecular weight excluding hydrogens is 306 g/mol. The summed E-state index contributed by atoms with van der Waals surface area (Å²) in [5.41, 5.74) is 6.89. The van der Waals surface area contributed by atoms with E-state index in [1.165, 1.54) is 6.42 Å². The Kier molecular flexibility index (Phi) is 4.46. The molecule has 106 valence electrons. The summed E-state index contributed by atoms with van der Waals surface area (Å²) in [4.78, 5) is 9.06. The molecule has 1 aliphatic heterocycles. The van der Waals surface area contributed by atoms with E-state index in [9.17, 15) is 0 Å². The average molecular weight is 328 g/mol. The molecule has 5 heteroatoms. The average Bonchev–Trinajstić information content (AvgIpc) is 2.33. The standard InChI is InChI=1S/C14H22BrN3O/c1-14(2,3)12-11(15)13(16)18-10(17-12)8-9-6-4-5-7-19-9/h9H,4-8H2,1-3H3,(H2,16,17,18). The highest BCUT2D eigenvalue weighted by Gasteiger charge is 2.24. The third kappa shape index (κ3) is 3.66. The van der Waals surface area contributed by atoms with Gasteiger partial charge in [-0.3, -0.25) is 0 Å². The zero-order valence-electron chi connectivity index (χ0n) is 11.9. The van der Waals surface area contributed by atoms with Crippen molar-refractivity contribution in [3.63, 3.8) is 0 Å². The van der Waals surface area contributed by atoms with Crippen molar-refractivity contribution in [1.82, 2.24) is 9.97 Å². The smallest absolute Gasteiger partial charge is 0.141 e. The van der Waals surface area contributed by atoms with Crippen molar-refractivity contribution in [1.29, 1.82) is 0 Å². The highest BCUT2D eigenvalue weighted by atomic mass is 79.9. The van der Waals surface area contributed by atoms with E-state index in [1.54, 1.807) is 0 Å². The summed E-state index contributed by atoms with van der Waals surface area (Å²) in [6.45, 7) is 7.23. The van der Waals surface area contributed by atoms with Gasteiger partial charge in [-0.1, -0.05) is 20.8 Å². The van der Waals surface area contributed by atoms with Gasteiger partial charge in [0, 0.05) is 18.4 Å². The Hall–Kier alpha value is -0.680. The molecule has 1 unspecified atom stereocenters. The molecule has 4 nitrogen and oxygen atoms in total. The van der Waals surface area contributed by atoms with Crippen LogP contribution in [0.4, 0.5) is 5.82 Å². The third-order valence-electron chi connectivity index (χ3n) is 3.32. The van der Waals surface area contributed by atoms with Crippen LogP contribution in [-0.2, 0) is 16.6 Å². The van der Waals surface area contributed by atoms with Crippen LogP contribution in [0.5, 0.6) is 0 Å². The summed E-state index contributed by atoms with van der Waals surface area (Å²) in [7, 11) is 0. The van der Waals surface area contributed by atoms with Gasteiger partial charge in [0.25, 0.3) is 0 Å². The van der Waals surface area contributed by atoms with Crippen LogP contribution in [0.25, 0.3) is 0 Å². The second-order valence-electron chi connectivity index (χ2n) is 6.13. The summed E-state index contributed by atoms with van der Waals surface area (Å²) >= 11 is 3.49. The molecule has 2 rings (SSSR count). The lowest BCUT2D eigenvalue weighted by atomic mass is 9.91. The van der Waals surface area contributed by atoms with E-state index in [4.69, 9.17) is 10.5 Å². The first-order chi connectivity index (χ1) is 8.88. The lowest BCUT2D eigenvalue weighted by molar-refractivity contribution is 0.0156. The Morgan fingerprint density at radius 1 is 1.32 bits per heavy atom. The van der Waals surface area contributed by atoms with Crippen LogP contribution in [-0.4, -0.2) is 22.7 Å². The SMILES string of the molecule is CC(C)(C)c1nc(CC2CCCCO2)nc(N)c1Br. The van der Waals surface area contributed by atoms with E-state index in [2.05, 4.69) is 46.7 Å². The van der Waals surface area contributed by atoms with Crippen LogP contribution >= 0.6 is 15.9 Å². The van der Waals surface area contributed by atoms with E-state index in [-0.39, 0.29) is 11.5 Å². The summed E-state index contributed by atoms with van der Waals surface area (Å²) in [5.74, 6) is 1.31. The highest BCUT2D eigenvalue weighted by Crippen LogP contribution is 2.31. The van der Waals surface area contributed by atoms with Crippen LogP contribution in [0.1, 0.15) is 51.6 Å². The van der Waals surface area contributed by atoms with Crippen LogP contribution < -0.4 is 5.73 Å². The first-order valence-corrected chi connectivity index (χ1v) is 7.61. The van der Waals surface area contributed by atoms with Gasteiger partial charge in [0.15, 0.2) is 0 Å². The molecule has 1 saturated heterocycles. The first kappa shape index (κ1) is 14.7. The number of nitrogens with two attached hydrogens (primary N) is 1. The molecule has 2 N–H and O–H groups in total. The molecule has 0 amide bonds. The number of anilines is 1. The van der Waals surface area contributed by atoms with E-state index < -0.39 is 0 Å². The van der Waals surface area contributed by atoms with Crippen molar-refractivity contribution < 1.29 is 4.74 Å². The Balaban J connectivity index is 2.23. The van der Waals surface area contributed by atoms with Crippen LogP contribution in [0, 0.1) is 0 Å². The summed E-state index contributed by atoms with van der Waals surface area (Å²) in [5, 5.41) is 0. The van der Waals surface area contributed by atoms with Crippen LogP contribution in [0.15, 0.2) is 4.47 Å². The number of aromatic nitrogens is 2. The van der Waals surface area contributed by atoms with E-state index >= 15 is 0 Å². The van der Waals surface area contributed by atoms with Crippen molar-refractivity contribution in [3.8, 4) is 0 Å². The lowest BCUT2D eigenvalue weighted by Crippen LogP contribution is -2.24. The lowest BCUT2D eigenvalue weighted by Gasteiger charge is -2.24. The molecule has 0 aromatic carbocycles. The minimum Gasteiger partial charge on any atom is -0.383 e. The Bertz CT molecular complexity index is 451. The number of hydrogen-bond donors (Lipinski definition) is 1. The van der Waals surface area contributed by atoms with Crippen molar-refractivity contribution in [2.45, 2.75) is 58.0 Å². The monoisotopic (exact) mass is 327 g/mol. The molecule has 0 bridgehead atoms. The Morgan fingerprint density at radius 2 is 2.05 bits per heavy atom. The quantitative estimate of drug-likeness (QED) is 0.905. The number of ether oxygens (including phenoxy) is 1. The van der Waals surface area contributed by atoms with Crippen molar-refractivity contribution in [2.75, 3.05) is 12.3 Å². The molecule has 1 aromatic rings. The number of nitrogen functional groups attached to an aromatic ring is 1. The molecule has 0 saturated carbocycles. The minimum absolute atomic E-state index is 0.0575. The summed E-state index contributed by atoms with van der Waals surface area (Å²) in [6.07, 6.45) is 4.46. The molecule has 1 fully saturated rings. The van der Waals surface area contributed by atoms with E-state index in [1.807, 2.05) is 0 Å². The fourth-order valence-electron chi connectivity index (χ4n) is 2.27. The summed E-state index contributed by atoms with van der Waals surface area (Å²) in [6, 6.07) is 0. The van der Waals surface area contributed by atoms with E-state index in [0.29, 0.717) is 5.82 Å².